The summed E-state index contributed by atoms with van der Waals surface area (Å²) in [5.74, 6) is -0.696. The van der Waals surface area contributed by atoms with Gasteiger partial charge >= 0.3 is 11.9 Å². The van der Waals surface area contributed by atoms with Gasteiger partial charge in [-0.05, 0) is 48.5 Å². The molecule has 4 N–H and O–H groups in total. The minimum Gasteiger partial charge on any atom is -0.463 e. The summed E-state index contributed by atoms with van der Waals surface area (Å²) in [6.45, 7) is 12.4. The van der Waals surface area contributed by atoms with E-state index in [1.807, 2.05) is 0 Å². The summed E-state index contributed by atoms with van der Waals surface area (Å²) >= 11 is 0. The van der Waals surface area contributed by atoms with Crippen molar-refractivity contribution in [3.8, 4) is 0 Å². The third-order valence-electron chi connectivity index (χ3n) is 4.80. The van der Waals surface area contributed by atoms with Crippen molar-refractivity contribution >= 4 is 36.4 Å². The topological polar surface area (TPSA) is 173 Å². The van der Waals surface area contributed by atoms with Crippen LogP contribution in [0.1, 0.15) is 54.9 Å². The SMILES string of the molecule is CC(C)OC(=O)C[C@H](C)NP(=O)(CO[C@H](C)Cn1cnc2c(N)ncnc21)N[C@@H](C)C(=O)OC(C)C. The van der Waals surface area contributed by atoms with Gasteiger partial charge in [0.25, 0.3) is 0 Å². The van der Waals surface area contributed by atoms with Crippen LogP contribution in [0.15, 0.2) is 12.7 Å². The van der Waals surface area contributed by atoms with Gasteiger partial charge < -0.3 is 24.5 Å². The Morgan fingerprint density at radius 2 is 1.69 bits per heavy atom. The molecule has 0 aliphatic rings. The Hall–Kier alpha value is -2.60. The number of imidazole rings is 1. The second-order valence-corrected chi connectivity index (χ2v) is 11.5. The third kappa shape index (κ3) is 9.12. The van der Waals surface area contributed by atoms with Crippen LogP contribution in [0, 0.1) is 0 Å². The number of nitrogens with zero attached hydrogens (tertiary/aromatic N) is 4. The zero-order chi connectivity index (χ0) is 27.0. The maximum atomic E-state index is 13.8. The molecule has 0 aliphatic heterocycles. The van der Waals surface area contributed by atoms with Crippen molar-refractivity contribution in [2.75, 3.05) is 12.1 Å². The van der Waals surface area contributed by atoms with Crippen molar-refractivity contribution in [1.29, 1.82) is 0 Å². The van der Waals surface area contributed by atoms with E-state index in [0.29, 0.717) is 17.7 Å². The minimum absolute atomic E-state index is 0.00756. The van der Waals surface area contributed by atoms with Crippen molar-refractivity contribution in [1.82, 2.24) is 29.7 Å². The first-order chi connectivity index (χ1) is 16.8. The molecule has 0 saturated heterocycles. The predicted octanol–water partition coefficient (Wildman–Crippen LogP) is 2.21. The summed E-state index contributed by atoms with van der Waals surface area (Å²) in [7, 11) is -3.52. The van der Waals surface area contributed by atoms with Crippen molar-refractivity contribution in [2.45, 2.75) is 91.8 Å². The van der Waals surface area contributed by atoms with E-state index in [9.17, 15) is 14.2 Å². The van der Waals surface area contributed by atoms with Crippen molar-refractivity contribution < 1.29 is 28.4 Å². The van der Waals surface area contributed by atoms with Gasteiger partial charge in [-0.3, -0.25) is 14.2 Å². The molecule has 0 aromatic carbocycles. The van der Waals surface area contributed by atoms with Gasteiger partial charge in [-0.25, -0.2) is 25.1 Å². The molecule has 1 unspecified atom stereocenters. The van der Waals surface area contributed by atoms with E-state index < -0.39 is 37.6 Å². The number of rotatable bonds is 14. The third-order valence-corrected chi connectivity index (χ3v) is 6.98. The molecular weight excluding hydrogens is 489 g/mol. The fourth-order valence-corrected chi connectivity index (χ4v) is 5.59. The van der Waals surface area contributed by atoms with Gasteiger partial charge in [0.2, 0.25) is 7.44 Å². The number of fused-ring (bicyclic) bond motifs is 1. The molecular formula is C22H38N7O6P. The fraction of sp³-hybridized carbons (Fsp3) is 0.682. The number of anilines is 1. The van der Waals surface area contributed by atoms with Gasteiger partial charge in [0, 0.05) is 6.04 Å². The zero-order valence-corrected chi connectivity index (χ0v) is 22.8. The van der Waals surface area contributed by atoms with E-state index >= 15 is 0 Å². The molecule has 202 valence electrons. The molecule has 0 saturated carbocycles. The van der Waals surface area contributed by atoms with Crippen LogP contribution in [0.3, 0.4) is 0 Å². The lowest BCUT2D eigenvalue weighted by molar-refractivity contribution is -0.149. The Labute approximate surface area is 211 Å². The Morgan fingerprint density at radius 1 is 1.03 bits per heavy atom. The van der Waals surface area contributed by atoms with Gasteiger partial charge in [0.15, 0.2) is 11.5 Å². The highest BCUT2D eigenvalue weighted by Crippen LogP contribution is 2.38. The van der Waals surface area contributed by atoms with E-state index in [-0.39, 0.29) is 30.8 Å². The fourth-order valence-electron chi connectivity index (χ4n) is 3.37. The summed E-state index contributed by atoms with van der Waals surface area (Å²) in [6, 6.07) is -1.39. The van der Waals surface area contributed by atoms with Crippen molar-refractivity contribution in [2.24, 2.45) is 0 Å². The molecule has 2 rings (SSSR count). The van der Waals surface area contributed by atoms with Crippen molar-refractivity contribution in [3.05, 3.63) is 12.7 Å². The summed E-state index contributed by atoms with van der Waals surface area (Å²) in [5.41, 5.74) is 6.88. The van der Waals surface area contributed by atoms with Crippen LogP contribution >= 0.6 is 7.44 Å². The van der Waals surface area contributed by atoms with Crippen LogP contribution in [0.4, 0.5) is 5.82 Å². The number of carbonyl (C=O) groups excluding carboxylic acids is 2. The molecule has 0 spiro atoms. The largest absolute Gasteiger partial charge is 0.463 e. The van der Waals surface area contributed by atoms with E-state index in [4.69, 9.17) is 19.9 Å². The number of aromatic nitrogens is 4. The monoisotopic (exact) mass is 527 g/mol. The Balaban J connectivity index is 2.09. The number of hydrogen-bond acceptors (Lipinski definition) is 10. The van der Waals surface area contributed by atoms with Gasteiger partial charge in [0.05, 0.1) is 37.6 Å². The number of esters is 2. The molecule has 0 bridgehead atoms. The second-order valence-electron chi connectivity index (χ2n) is 9.28. The molecule has 0 aliphatic carbocycles. The number of ether oxygens (including phenoxy) is 3. The van der Waals surface area contributed by atoms with E-state index in [2.05, 4.69) is 25.1 Å². The molecule has 2 aromatic rings. The standard InChI is InChI=1S/C22H38N7O6P/c1-13(2)34-18(30)8-15(5)27-36(32,28-17(7)22(31)35-14(3)4)12-33-16(6)9-29-11-26-19-20(23)24-10-25-21(19)29/h10-11,13-17H,8-9,12H2,1-7H3,(H2,23,24,25)(H2,27,28,32)/t15-,16+,17-,36?/m0/s1. The molecule has 0 amide bonds. The number of nitrogens with one attached hydrogen (secondary N) is 2. The minimum atomic E-state index is -3.52. The highest BCUT2D eigenvalue weighted by molar-refractivity contribution is 7.59. The number of carbonyl (C=O) groups is 2. The van der Waals surface area contributed by atoms with Gasteiger partial charge in [-0.2, -0.15) is 0 Å². The molecule has 0 fully saturated rings. The average Bonchev–Trinajstić information content (AvgIpc) is 3.15. The highest BCUT2D eigenvalue weighted by Gasteiger charge is 2.31. The van der Waals surface area contributed by atoms with Gasteiger partial charge in [0.1, 0.15) is 24.2 Å². The maximum Gasteiger partial charge on any atom is 0.323 e. The lowest BCUT2D eigenvalue weighted by Crippen LogP contribution is -2.41. The number of hydrogen-bond donors (Lipinski definition) is 3. The lowest BCUT2D eigenvalue weighted by Gasteiger charge is -2.28. The van der Waals surface area contributed by atoms with E-state index in [1.54, 1.807) is 59.4 Å². The van der Waals surface area contributed by atoms with Crippen LogP contribution in [0.25, 0.3) is 11.2 Å². The van der Waals surface area contributed by atoms with E-state index in [0.717, 1.165) is 0 Å². The Morgan fingerprint density at radius 3 is 2.33 bits per heavy atom. The average molecular weight is 528 g/mol. The van der Waals surface area contributed by atoms with Crippen LogP contribution in [0.2, 0.25) is 0 Å². The summed E-state index contributed by atoms with van der Waals surface area (Å²) in [4.78, 5) is 36.8. The Kier molecular flexibility index (Phi) is 10.8. The maximum absolute atomic E-state index is 13.8. The van der Waals surface area contributed by atoms with Crippen LogP contribution in [-0.4, -0.2) is 68.2 Å². The van der Waals surface area contributed by atoms with Crippen LogP contribution in [-0.2, 0) is 34.9 Å². The van der Waals surface area contributed by atoms with Crippen molar-refractivity contribution in [3.63, 3.8) is 0 Å². The number of nitrogens with two attached hydrogens (primary N) is 1. The first-order valence-corrected chi connectivity index (χ1v) is 13.8. The zero-order valence-electron chi connectivity index (χ0n) is 21.9. The van der Waals surface area contributed by atoms with Crippen LogP contribution in [0.5, 0.6) is 0 Å². The summed E-state index contributed by atoms with van der Waals surface area (Å²) < 4.78 is 31.9. The highest BCUT2D eigenvalue weighted by atomic mass is 31.2. The molecule has 0 radical (unpaired) electrons. The summed E-state index contributed by atoms with van der Waals surface area (Å²) in [5, 5.41) is 5.77. The van der Waals surface area contributed by atoms with Gasteiger partial charge in [-0.1, -0.05) is 0 Å². The predicted molar refractivity (Wildman–Crippen MR) is 135 cm³/mol. The molecule has 36 heavy (non-hydrogen) atoms. The normalized spacial score (nSPS) is 16.0. The smallest absolute Gasteiger partial charge is 0.323 e. The molecule has 4 atom stereocenters. The molecule has 13 nitrogen and oxygen atoms in total. The molecule has 2 aromatic heterocycles. The first-order valence-electron chi connectivity index (χ1n) is 11.9. The molecule has 14 heteroatoms. The Bertz CT molecular complexity index is 1080. The second kappa shape index (κ2) is 13.1. The summed E-state index contributed by atoms with van der Waals surface area (Å²) in [6.07, 6.45) is 1.69. The quantitative estimate of drug-likeness (QED) is 0.242. The first kappa shape index (κ1) is 29.6. The van der Waals surface area contributed by atoms with E-state index in [1.165, 1.54) is 6.33 Å². The van der Waals surface area contributed by atoms with Gasteiger partial charge in [-0.15, -0.1) is 0 Å². The number of nitrogen functional groups attached to an aromatic ring is 1. The molecule has 2 heterocycles. The lowest BCUT2D eigenvalue weighted by atomic mass is 10.2. The van der Waals surface area contributed by atoms with Crippen LogP contribution < -0.4 is 15.9 Å².